The van der Waals surface area contributed by atoms with Crippen LogP contribution in [-0.2, 0) is 13.1 Å². The molecule has 2 aromatic heterocycles. The zero-order chi connectivity index (χ0) is 23.9. The number of amidine groups is 1. The highest BCUT2D eigenvalue weighted by molar-refractivity contribution is 6.13. The van der Waals surface area contributed by atoms with E-state index in [0.717, 1.165) is 47.5 Å². The zero-order valence-corrected chi connectivity index (χ0v) is 19.5. The minimum Gasteiger partial charge on any atom is -0.342 e. The van der Waals surface area contributed by atoms with Crippen LogP contribution in [0.4, 0.5) is 17.3 Å². The molecule has 0 bridgehead atoms. The highest BCUT2D eigenvalue weighted by Gasteiger charge is 2.25. The second-order valence-corrected chi connectivity index (χ2v) is 8.98. The Morgan fingerprint density at radius 3 is 2.91 bits per heavy atom. The summed E-state index contributed by atoms with van der Waals surface area (Å²) in [6, 6.07) is 12.2. The number of nitrogens with zero attached hydrogens (tertiary/aromatic N) is 6. The van der Waals surface area contributed by atoms with Crippen molar-refractivity contribution in [1.29, 1.82) is 0 Å². The van der Waals surface area contributed by atoms with E-state index in [1.165, 1.54) is 4.68 Å². The normalized spacial score (nSPS) is 17.1. The molecule has 2 aliphatic heterocycles. The summed E-state index contributed by atoms with van der Waals surface area (Å²) in [6.45, 7) is 3.94. The largest absolute Gasteiger partial charge is 0.342 e. The first-order valence-electron chi connectivity index (χ1n) is 11.8. The van der Waals surface area contributed by atoms with Gasteiger partial charge >= 0.3 is 0 Å². The standard InChI is InChI=1S/C26H26N8O/c1-2-3-13-33-24-21(31-26(33)32-12-6-9-18(27)15-32)14-28-34(25(24)35)16-22-29-19-10-4-7-17-8-5-11-20(30-22)23(17)19/h4-5,7-8,10-11,14,18H,6,9,12-13,15-16,27H2,1H3,(H,29,30). The summed E-state index contributed by atoms with van der Waals surface area (Å²) in [5.74, 6) is 7.41. The van der Waals surface area contributed by atoms with Crippen LogP contribution in [0, 0.1) is 11.8 Å². The van der Waals surface area contributed by atoms with Gasteiger partial charge in [-0.2, -0.15) is 5.10 Å². The molecule has 0 saturated carbocycles. The van der Waals surface area contributed by atoms with E-state index in [-0.39, 0.29) is 18.1 Å². The summed E-state index contributed by atoms with van der Waals surface area (Å²) in [7, 11) is 0. The minimum absolute atomic E-state index is 0.0896. The Morgan fingerprint density at radius 1 is 1.23 bits per heavy atom. The number of hydrogen-bond acceptors (Lipinski definition) is 7. The van der Waals surface area contributed by atoms with Gasteiger partial charge in [0.2, 0.25) is 5.95 Å². The summed E-state index contributed by atoms with van der Waals surface area (Å²) >= 11 is 0. The highest BCUT2D eigenvalue weighted by Crippen LogP contribution is 2.35. The lowest BCUT2D eigenvalue weighted by atomic mass is 10.1. The van der Waals surface area contributed by atoms with Crippen molar-refractivity contribution in [1.82, 2.24) is 19.3 Å². The maximum Gasteiger partial charge on any atom is 0.293 e. The lowest BCUT2D eigenvalue weighted by Crippen LogP contribution is -2.44. The molecule has 1 fully saturated rings. The van der Waals surface area contributed by atoms with E-state index in [1.54, 1.807) is 13.1 Å². The average molecular weight is 467 g/mol. The fourth-order valence-electron chi connectivity index (χ4n) is 4.99. The Bertz CT molecular complexity index is 1600. The number of rotatable bonds is 4. The maximum absolute atomic E-state index is 13.6. The van der Waals surface area contributed by atoms with Crippen molar-refractivity contribution < 1.29 is 0 Å². The van der Waals surface area contributed by atoms with Gasteiger partial charge in [0, 0.05) is 30.2 Å². The number of nitrogens with one attached hydrogen (secondary N) is 1. The van der Waals surface area contributed by atoms with Gasteiger partial charge in [0.05, 0.1) is 18.4 Å². The van der Waals surface area contributed by atoms with Crippen LogP contribution in [0.5, 0.6) is 0 Å². The van der Waals surface area contributed by atoms with Crippen LogP contribution in [0.15, 0.2) is 52.4 Å². The molecule has 1 atom stereocenters. The molecule has 4 aromatic rings. The number of imidazole rings is 1. The molecule has 4 heterocycles. The van der Waals surface area contributed by atoms with Gasteiger partial charge in [-0.25, -0.2) is 14.7 Å². The molecule has 35 heavy (non-hydrogen) atoms. The number of benzene rings is 2. The van der Waals surface area contributed by atoms with Gasteiger partial charge < -0.3 is 16.0 Å². The van der Waals surface area contributed by atoms with E-state index in [4.69, 9.17) is 15.7 Å². The van der Waals surface area contributed by atoms with E-state index in [9.17, 15) is 4.79 Å². The van der Waals surface area contributed by atoms with Gasteiger partial charge in [-0.15, -0.1) is 5.92 Å². The Morgan fingerprint density at radius 2 is 2.09 bits per heavy atom. The molecule has 1 unspecified atom stereocenters. The van der Waals surface area contributed by atoms with E-state index in [1.807, 2.05) is 28.8 Å². The van der Waals surface area contributed by atoms with Gasteiger partial charge in [0.25, 0.3) is 5.56 Å². The number of aromatic nitrogens is 4. The molecule has 2 aromatic carbocycles. The third-order valence-corrected chi connectivity index (χ3v) is 6.60. The van der Waals surface area contributed by atoms with Crippen molar-refractivity contribution in [3.8, 4) is 11.8 Å². The minimum atomic E-state index is -0.220. The number of piperidine rings is 1. The zero-order valence-electron chi connectivity index (χ0n) is 19.5. The van der Waals surface area contributed by atoms with Crippen LogP contribution in [0.25, 0.3) is 21.8 Å². The maximum atomic E-state index is 13.6. The van der Waals surface area contributed by atoms with E-state index in [0.29, 0.717) is 30.0 Å². The SMILES string of the molecule is CC#CCn1c(N2CCCC(N)C2)nc2cnn(CC3=Nc4cccc5cccc(c45)N3)c(=O)c21. The van der Waals surface area contributed by atoms with Crippen LogP contribution < -0.4 is 21.5 Å². The molecule has 6 rings (SSSR count). The lowest BCUT2D eigenvalue weighted by molar-refractivity contribution is 0.496. The molecule has 0 aliphatic carbocycles. The second kappa shape index (κ2) is 8.56. The van der Waals surface area contributed by atoms with Crippen molar-refractivity contribution in [2.24, 2.45) is 10.7 Å². The Labute approximate surface area is 202 Å². The summed E-state index contributed by atoms with van der Waals surface area (Å²) in [4.78, 5) is 25.4. The third kappa shape index (κ3) is 3.72. The fourth-order valence-corrected chi connectivity index (χ4v) is 4.99. The van der Waals surface area contributed by atoms with Crippen molar-refractivity contribution in [3.05, 3.63) is 52.9 Å². The van der Waals surface area contributed by atoms with Crippen LogP contribution in [0.1, 0.15) is 19.8 Å². The first-order chi connectivity index (χ1) is 17.1. The van der Waals surface area contributed by atoms with Crippen molar-refractivity contribution in [2.45, 2.75) is 38.9 Å². The van der Waals surface area contributed by atoms with E-state index >= 15 is 0 Å². The number of fused-ring (bicyclic) bond motifs is 1. The van der Waals surface area contributed by atoms with E-state index < -0.39 is 0 Å². The molecule has 1 saturated heterocycles. The predicted octanol–water partition coefficient (Wildman–Crippen LogP) is 2.85. The first kappa shape index (κ1) is 21.4. The predicted molar refractivity (Wildman–Crippen MR) is 139 cm³/mol. The summed E-state index contributed by atoms with van der Waals surface area (Å²) in [6.07, 6.45) is 3.63. The summed E-state index contributed by atoms with van der Waals surface area (Å²) in [5.41, 5.74) is 8.92. The van der Waals surface area contributed by atoms with Gasteiger partial charge in [-0.05, 0) is 37.3 Å². The molecule has 0 spiro atoms. The topological polar surface area (TPSA) is 106 Å². The smallest absolute Gasteiger partial charge is 0.293 e. The average Bonchev–Trinajstić information content (AvgIpc) is 3.24. The second-order valence-electron chi connectivity index (χ2n) is 8.98. The van der Waals surface area contributed by atoms with Gasteiger partial charge in [-0.3, -0.25) is 9.36 Å². The summed E-state index contributed by atoms with van der Waals surface area (Å²) < 4.78 is 3.34. The molecule has 176 valence electrons. The Balaban J connectivity index is 1.41. The van der Waals surface area contributed by atoms with Gasteiger partial charge in [0.15, 0.2) is 0 Å². The fraction of sp³-hybridized carbons (Fsp3) is 0.308. The van der Waals surface area contributed by atoms with Gasteiger partial charge in [-0.1, -0.05) is 30.2 Å². The molecule has 0 radical (unpaired) electrons. The third-order valence-electron chi connectivity index (χ3n) is 6.60. The Kier molecular flexibility index (Phi) is 5.23. The number of aliphatic imine (C=N–C) groups is 1. The molecule has 2 aliphatic rings. The molecule has 3 N–H and O–H groups in total. The molecular weight excluding hydrogens is 440 g/mol. The molecule has 9 heteroatoms. The molecule has 0 amide bonds. The van der Waals surface area contributed by atoms with Crippen molar-refractivity contribution in [2.75, 3.05) is 23.3 Å². The quantitative estimate of drug-likeness (QED) is 0.448. The van der Waals surface area contributed by atoms with Crippen molar-refractivity contribution in [3.63, 3.8) is 0 Å². The monoisotopic (exact) mass is 466 g/mol. The van der Waals surface area contributed by atoms with Crippen LogP contribution in [0.2, 0.25) is 0 Å². The van der Waals surface area contributed by atoms with Crippen LogP contribution in [-0.4, -0.2) is 44.3 Å². The number of hydrogen-bond donors (Lipinski definition) is 2. The van der Waals surface area contributed by atoms with Crippen LogP contribution in [0.3, 0.4) is 0 Å². The number of nitrogens with two attached hydrogens (primary N) is 1. The molecular formula is C26H26N8O. The lowest BCUT2D eigenvalue weighted by Gasteiger charge is -2.31. The highest BCUT2D eigenvalue weighted by atomic mass is 16.1. The van der Waals surface area contributed by atoms with Crippen molar-refractivity contribution >= 4 is 45.0 Å². The molecule has 9 nitrogen and oxygen atoms in total. The summed E-state index contributed by atoms with van der Waals surface area (Å²) in [5, 5.41) is 10.0. The first-order valence-corrected chi connectivity index (χ1v) is 11.8. The Hall–Kier alpha value is -4.16. The van der Waals surface area contributed by atoms with Gasteiger partial charge in [0.1, 0.15) is 23.4 Å². The number of anilines is 2. The van der Waals surface area contributed by atoms with E-state index in [2.05, 4.69) is 39.3 Å². The van der Waals surface area contributed by atoms with Crippen LogP contribution >= 0.6 is 0 Å².